The van der Waals surface area contributed by atoms with Crippen molar-refractivity contribution in [2.24, 2.45) is 0 Å². The van der Waals surface area contributed by atoms with Crippen molar-refractivity contribution in [2.75, 3.05) is 19.6 Å². The van der Waals surface area contributed by atoms with Crippen LogP contribution in [0.15, 0.2) is 23.1 Å². The Morgan fingerprint density at radius 1 is 1.28 bits per heavy atom. The van der Waals surface area contributed by atoms with Crippen molar-refractivity contribution in [1.29, 1.82) is 0 Å². The number of carbonyl (C=O) groups is 2. The summed E-state index contributed by atoms with van der Waals surface area (Å²) in [4.78, 5) is 25.5. The molecule has 0 radical (unpaired) electrons. The molecule has 1 aliphatic rings. The smallest absolute Gasteiger partial charge is 0.326 e. The number of aliphatic carboxylic acids is 1. The Balaban J connectivity index is 2.43. The Bertz CT molecular complexity index is 771. The van der Waals surface area contributed by atoms with Gasteiger partial charge in [0, 0.05) is 25.2 Å². The summed E-state index contributed by atoms with van der Waals surface area (Å²) in [6.45, 7) is 6.26. The topological polar surface area (TPSA) is 95.0 Å². The first-order chi connectivity index (χ1) is 11.7. The summed E-state index contributed by atoms with van der Waals surface area (Å²) in [7, 11) is -3.68. The zero-order valence-corrected chi connectivity index (χ0v) is 15.5. The average molecular weight is 368 g/mol. The Labute approximate surface area is 148 Å². The molecule has 0 spiro atoms. The normalized spacial score (nSPS) is 17.9. The predicted octanol–water partition coefficient (Wildman–Crippen LogP) is 1.71. The Morgan fingerprint density at radius 3 is 2.48 bits per heavy atom. The first-order valence-corrected chi connectivity index (χ1v) is 9.82. The van der Waals surface area contributed by atoms with Crippen LogP contribution in [0.3, 0.4) is 0 Å². The number of amides is 1. The van der Waals surface area contributed by atoms with Gasteiger partial charge in [-0.15, -0.1) is 0 Å². The first kappa shape index (κ1) is 19.4. The molecule has 7 nitrogen and oxygen atoms in total. The number of hydrogen-bond donors (Lipinski definition) is 1. The average Bonchev–Trinajstić information content (AvgIpc) is 3.05. The van der Waals surface area contributed by atoms with Gasteiger partial charge in [-0.1, -0.05) is 19.9 Å². The molecule has 138 valence electrons. The fraction of sp³-hybridized carbons (Fsp3) is 0.529. The van der Waals surface area contributed by atoms with Crippen LogP contribution in [0, 0.1) is 6.92 Å². The molecule has 1 aliphatic heterocycles. The van der Waals surface area contributed by atoms with Crippen molar-refractivity contribution in [3.63, 3.8) is 0 Å². The van der Waals surface area contributed by atoms with E-state index in [-0.39, 0.29) is 10.5 Å². The molecule has 1 saturated heterocycles. The fourth-order valence-electron chi connectivity index (χ4n) is 3.13. The highest BCUT2D eigenvalue weighted by Gasteiger charge is 2.35. The van der Waals surface area contributed by atoms with Gasteiger partial charge in [-0.05, 0) is 37.5 Å². The largest absolute Gasteiger partial charge is 0.480 e. The second-order valence-electron chi connectivity index (χ2n) is 6.06. The van der Waals surface area contributed by atoms with Crippen molar-refractivity contribution >= 4 is 21.9 Å². The van der Waals surface area contributed by atoms with E-state index < -0.39 is 27.9 Å². The highest BCUT2D eigenvalue weighted by Crippen LogP contribution is 2.25. The van der Waals surface area contributed by atoms with Crippen LogP contribution in [-0.2, 0) is 14.8 Å². The van der Waals surface area contributed by atoms with Crippen LogP contribution in [0.2, 0.25) is 0 Å². The molecule has 1 aromatic carbocycles. The third kappa shape index (κ3) is 3.69. The van der Waals surface area contributed by atoms with Crippen molar-refractivity contribution in [3.05, 3.63) is 29.3 Å². The van der Waals surface area contributed by atoms with Gasteiger partial charge in [0.05, 0.1) is 4.90 Å². The zero-order chi connectivity index (χ0) is 18.8. The van der Waals surface area contributed by atoms with Crippen LogP contribution in [0.5, 0.6) is 0 Å². The quantitative estimate of drug-likeness (QED) is 0.825. The number of aryl methyl sites for hydroxylation is 1. The number of sulfonamides is 1. The minimum absolute atomic E-state index is 0.0521. The summed E-state index contributed by atoms with van der Waals surface area (Å²) < 4.78 is 26.7. The van der Waals surface area contributed by atoms with Crippen LogP contribution in [0.25, 0.3) is 0 Å². The van der Waals surface area contributed by atoms with E-state index in [0.717, 1.165) is 0 Å². The number of carboxylic acid groups (broad SMARTS) is 1. The Hall–Kier alpha value is -1.93. The van der Waals surface area contributed by atoms with Gasteiger partial charge in [0.15, 0.2) is 0 Å². The molecular weight excluding hydrogens is 344 g/mol. The first-order valence-electron chi connectivity index (χ1n) is 8.38. The number of carboxylic acids is 1. The van der Waals surface area contributed by atoms with Gasteiger partial charge in [0.25, 0.3) is 5.91 Å². The zero-order valence-electron chi connectivity index (χ0n) is 14.7. The second-order valence-corrected chi connectivity index (χ2v) is 8.00. The van der Waals surface area contributed by atoms with Crippen LogP contribution < -0.4 is 0 Å². The molecule has 0 aliphatic carbocycles. The summed E-state index contributed by atoms with van der Waals surface area (Å²) in [5.41, 5.74) is 0.862. The molecule has 2 rings (SSSR count). The lowest BCUT2D eigenvalue weighted by atomic mass is 10.1. The van der Waals surface area contributed by atoms with Gasteiger partial charge in [0.2, 0.25) is 10.0 Å². The van der Waals surface area contributed by atoms with Crippen LogP contribution in [0.4, 0.5) is 0 Å². The van der Waals surface area contributed by atoms with Gasteiger partial charge in [-0.3, -0.25) is 4.79 Å². The number of likely N-dealkylation sites (tertiary alicyclic amines) is 1. The number of carbonyl (C=O) groups excluding carboxylic acids is 1. The van der Waals surface area contributed by atoms with Crippen LogP contribution in [-0.4, -0.2) is 60.3 Å². The fourth-order valence-corrected chi connectivity index (χ4v) is 4.61. The number of nitrogens with zero attached hydrogens (tertiary/aromatic N) is 2. The third-order valence-corrected chi connectivity index (χ3v) is 6.63. The van der Waals surface area contributed by atoms with Gasteiger partial charge >= 0.3 is 5.97 Å². The number of rotatable bonds is 6. The van der Waals surface area contributed by atoms with E-state index in [1.807, 2.05) is 0 Å². The van der Waals surface area contributed by atoms with Gasteiger partial charge in [-0.2, -0.15) is 4.31 Å². The molecule has 1 atom stereocenters. The molecule has 1 N–H and O–H groups in total. The van der Waals surface area contributed by atoms with E-state index in [1.54, 1.807) is 26.8 Å². The molecule has 1 fully saturated rings. The Kier molecular flexibility index (Phi) is 5.84. The molecule has 1 heterocycles. The molecular formula is C17H24N2O5S. The molecule has 1 amide bonds. The minimum atomic E-state index is -3.68. The molecule has 0 aromatic heterocycles. The van der Waals surface area contributed by atoms with Crippen molar-refractivity contribution in [2.45, 2.75) is 44.6 Å². The minimum Gasteiger partial charge on any atom is -0.480 e. The highest BCUT2D eigenvalue weighted by molar-refractivity contribution is 7.89. The molecule has 1 aromatic rings. The standard InChI is InChI=1S/C17H24N2O5S/c1-4-18(5-2)25(23,24)13-9-8-12(3)14(11-13)16(20)19-10-6-7-15(19)17(21)22/h8-9,11,15H,4-7,10H2,1-3H3,(H,21,22)/t15-/m1/s1. The lowest BCUT2D eigenvalue weighted by molar-refractivity contribution is -0.141. The second kappa shape index (κ2) is 7.53. The maximum atomic E-state index is 12.8. The summed E-state index contributed by atoms with van der Waals surface area (Å²) in [6.07, 6.45) is 1.04. The number of hydrogen-bond acceptors (Lipinski definition) is 4. The third-order valence-electron chi connectivity index (χ3n) is 4.58. The van der Waals surface area contributed by atoms with Crippen LogP contribution in [0.1, 0.15) is 42.6 Å². The van der Waals surface area contributed by atoms with Crippen molar-refractivity contribution in [1.82, 2.24) is 9.21 Å². The predicted molar refractivity (Wildman–Crippen MR) is 93.0 cm³/mol. The van der Waals surface area contributed by atoms with E-state index >= 15 is 0 Å². The van der Waals surface area contributed by atoms with E-state index in [1.165, 1.54) is 21.3 Å². The molecule has 0 unspecified atom stereocenters. The Morgan fingerprint density at radius 2 is 1.92 bits per heavy atom. The van der Waals surface area contributed by atoms with E-state index in [4.69, 9.17) is 0 Å². The molecule has 25 heavy (non-hydrogen) atoms. The SMILES string of the molecule is CCN(CC)S(=O)(=O)c1ccc(C)c(C(=O)N2CCC[C@@H]2C(=O)O)c1. The monoisotopic (exact) mass is 368 g/mol. The number of benzene rings is 1. The lowest BCUT2D eigenvalue weighted by Crippen LogP contribution is -2.40. The molecule has 0 bridgehead atoms. The molecule has 8 heteroatoms. The van der Waals surface area contributed by atoms with Gasteiger partial charge in [0.1, 0.15) is 6.04 Å². The summed E-state index contributed by atoms with van der Waals surface area (Å²) >= 11 is 0. The van der Waals surface area contributed by atoms with Crippen molar-refractivity contribution < 1.29 is 23.1 Å². The highest BCUT2D eigenvalue weighted by atomic mass is 32.2. The van der Waals surface area contributed by atoms with E-state index in [2.05, 4.69) is 0 Å². The lowest BCUT2D eigenvalue weighted by Gasteiger charge is -2.23. The summed E-state index contributed by atoms with van der Waals surface area (Å²) in [5, 5.41) is 9.27. The summed E-state index contributed by atoms with van der Waals surface area (Å²) in [5.74, 6) is -1.46. The van der Waals surface area contributed by atoms with E-state index in [9.17, 15) is 23.1 Å². The van der Waals surface area contributed by atoms with Crippen molar-refractivity contribution in [3.8, 4) is 0 Å². The summed E-state index contributed by atoms with van der Waals surface area (Å²) in [6, 6.07) is 3.59. The maximum absolute atomic E-state index is 12.8. The maximum Gasteiger partial charge on any atom is 0.326 e. The van der Waals surface area contributed by atoms with Gasteiger partial charge < -0.3 is 10.0 Å². The van der Waals surface area contributed by atoms with Crippen LogP contribution >= 0.6 is 0 Å². The van der Waals surface area contributed by atoms with Gasteiger partial charge in [-0.25, -0.2) is 13.2 Å². The molecule has 0 saturated carbocycles. The van der Waals surface area contributed by atoms with E-state index in [0.29, 0.717) is 38.0 Å².